The van der Waals surface area contributed by atoms with Gasteiger partial charge in [-0.15, -0.1) is 11.3 Å². The summed E-state index contributed by atoms with van der Waals surface area (Å²) >= 11 is 1.41. The van der Waals surface area contributed by atoms with E-state index in [0.717, 1.165) is 10.6 Å². The van der Waals surface area contributed by atoms with E-state index in [4.69, 9.17) is 14.2 Å². The molecular formula is C20H18FNO4S. The molecule has 140 valence electrons. The summed E-state index contributed by atoms with van der Waals surface area (Å²) in [7, 11) is 1.56. The maximum absolute atomic E-state index is 12.9. The van der Waals surface area contributed by atoms with Gasteiger partial charge < -0.3 is 14.2 Å². The first kappa shape index (κ1) is 18.8. The van der Waals surface area contributed by atoms with Crippen LogP contribution in [0.15, 0.2) is 47.8 Å². The van der Waals surface area contributed by atoms with E-state index in [1.807, 2.05) is 18.4 Å². The second-order valence-electron chi connectivity index (χ2n) is 5.74. The molecule has 0 fully saturated rings. The van der Waals surface area contributed by atoms with Gasteiger partial charge in [0.1, 0.15) is 35.5 Å². The van der Waals surface area contributed by atoms with Gasteiger partial charge in [0.2, 0.25) is 0 Å². The predicted molar refractivity (Wildman–Crippen MR) is 99.7 cm³/mol. The van der Waals surface area contributed by atoms with Gasteiger partial charge in [-0.1, -0.05) is 6.07 Å². The standard InChI is InChI=1S/C20H18FNO4S/c1-13-3-4-14(9-18(13)24-2)20(23)26-10-16-12-27-19(22-16)11-25-17-7-5-15(21)6-8-17/h3-9,12H,10-11H2,1-2H3. The molecule has 0 aliphatic rings. The Kier molecular flexibility index (Phi) is 6.03. The minimum Gasteiger partial charge on any atom is -0.496 e. The highest BCUT2D eigenvalue weighted by atomic mass is 32.1. The number of aryl methyl sites for hydroxylation is 1. The molecule has 3 rings (SSSR count). The van der Waals surface area contributed by atoms with Crippen molar-refractivity contribution >= 4 is 17.3 Å². The smallest absolute Gasteiger partial charge is 0.338 e. The molecule has 0 aliphatic heterocycles. The fourth-order valence-electron chi connectivity index (χ4n) is 2.33. The number of rotatable bonds is 7. The summed E-state index contributed by atoms with van der Waals surface area (Å²) in [4.78, 5) is 16.6. The molecule has 0 saturated carbocycles. The number of halogens is 1. The second kappa shape index (κ2) is 8.64. The summed E-state index contributed by atoms with van der Waals surface area (Å²) in [5, 5.41) is 2.55. The van der Waals surface area contributed by atoms with E-state index < -0.39 is 5.97 Å². The molecule has 0 aliphatic carbocycles. The highest BCUT2D eigenvalue weighted by Gasteiger charge is 2.11. The summed E-state index contributed by atoms with van der Waals surface area (Å²) in [5.74, 6) is 0.448. The molecule has 1 aromatic heterocycles. The Morgan fingerprint density at radius 3 is 2.67 bits per heavy atom. The number of esters is 1. The molecule has 0 atom stereocenters. The van der Waals surface area contributed by atoms with Gasteiger partial charge >= 0.3 is 5.97 Å². The van der Waals surface area contributed by atoms with Crippen LogP contribution >= 0.6 is 11.3 Å². The Labute approximate surface area is 160 Å². The Morgan fingerprint density at radius 2 is 1.93 bits per heavy atom. The zero-order valence-electron chi connectivity index (χ0n) is 14.9. The predicted octanol–water partition coefficient (Wildman–Crippen LogP) is 4.54. The van der Waals surface area contributed by atoms with Crippen molar-refractivity contribution in [2.45, 2.75) is 20.1 Å². The molecule has 7 heteroatoms. The lowest BCUT2D eigenvalue weighted by Gasteiger charge is -2.07. The largest absolute Gasteiger partial charge is 0.496 e. The van der Waals surface area contributed by atoms with Crippen molar-refractivity contribution in [3.8, 4) is 11.5 Å². The molecule has 0 spiro atoms. The van der Waals surface area contributed by atoms with Crippen molar-refractivity contribution in [1.82, 2.24) is 4.98 Å². The minimum absolute atomic E-state index is 0.0715. The van der Waals surface area contributed by atoms with Crippen molar-refractivity contribution in [1.29, 1.82) is 0 Å². The topological polar surface area (TPSA) is 57.7 Å². The maximum atomic E-state index is 12.9. The lowest BCUT2D eigenvalue weighted by Crippen LogP contribution is -2.06. The molecular weight excluding hydrogens is 369 g/mol. The van der Waals surface area contributed by atoms with Gasteiger partial charge in [-0.3, -0.25) is 0 Å². The first-order valence-corrected chi connectivity index (χ1v) is 9.06. The van der Waals surface area contributed by atoms with Crippen LogP contribution in [0.4, 0.5) is 4.39 Å². The summed E-state index contributed by atoms with van der Waals surface area (Å²) in [6.45, 7) is 2.24. The Balaban J connectivity index is 1.53. The Morgan fingerprint density at radius 1 is 1.15 bits per heavy atom. The summed E-state index contributed by atoms with van der Waals surface area (Å²) in [6.07, 6.45) is 0. The number of ether oxygens (including phenoxy) is 3. The van der Waals surface area contributed by atoms with E-state index in [-0.39, 0.29) is 19.0 Å². The van der Waals surface area contributed by atoms with E-state index in [1.54, 1.807) is 31.4 Å². The lowest BCUT2D eigenvalue weighted by atomic mass is 10.1. The number of carbonyl (C=O) groups excluding carboxylic acids is 1. The average Bonchev–Trinajstić information content (AvgIpc) is 3.14. The molecule has 0 N–H and O–H groups in total. The summed E-state index contributed by atoms with van der Waals surface area (Å²) in [6, 6.07) is 10.9. The van der Waals surface area contributed by atoms with Gasteiger partial charge in [0.25, 0.3) is 0 Å². The molecule has 0 radical (unpaired) electrons. The number of methoxy groups -OCH3 is 1. The van der Waals surface area contributed by atoms with Crippen LogP contribution in [-0.4, -0.2) is 18.1 Å². The third kappa shape index (κ3) is 5.04. The van der Waals surface area contributed by atoms with E-state index >= 15 is 0 Å². The molecule has 3 aromatic rings. The van der Waals surface area contributed by atoms with Crippen LogP contribution in [0.25, 0.3) is 0 Å². The number of hydrogen-bond acceptors (Lipinski definition) is 6. The van der Waals surface area contributed by atoms with Gasteiger partial charge in [0.15, 0.2) is 0 Å². The lowest BCUT2D eigenvalue weighted by molar-refractivity contribution is 0.0467. The maximum Gasteiger partial charge on any atom is 0.338 e. The normalized spacial score (nSPS) is 10.5. The van der Waals surface area contributed by atoms with Crippen LogP contribution in [0.5, 0.6) is 11.5 Å². The number of carbonyl (C=O) groups is 1. The van der Waals surface area contributed by atoms with E-state index in [0.29, 0.717) is 22.8 Å². The molecule has 0 amide bonds. The highest BCUT2D eigenvalue weighted by Crippen LogP contribution is 2.20. The zero-order valence-corrected chi connectivity index (χ0v) is 15.7. The zero-order chi connectivity index (χ0) is 19.2. The number of nitrogens with zero attached hydrogens (tertiary/aromatic N) is 1. The van der Waals surface area contributed by atoms with Gasteiger partial charge in [-0.2, -0.15) is 0 Å². The van der Waals surface area contributed by atoms with E-state index in [9.17, 15) is 9.18 Å². The number of aromatic nitrogens is 1. The first-order chi connectivity index (χ1) is 13.0. The molecule has 27 heavy (non-hydrogen) atoms. The van der Waals surface area contributed by atoms with E-state index in [1.165, 1.54) is 23.5 Å². The highest BCUT2D eigenvalue weighted by molar-refractivity contribution is 7.09. The fraction of sp³-hybridized carbons (Fsp3) is 0.200. The SMILES string of the molecule is COc1cc(C(=O)OCc2csc(COc3ccc(F)cc3)n2)ccc1C. The Bertz CT molecular complexity index is 924. The summed E-state index contributed by atoms with van der Waals surface area (Å²) < 4.78 is 29.0. The van der Waals surface area contributed by atoms with Crippen molar-refractivity contribution in [3.63, 3.8) is 0 Å². The van der Waals surface area contributed by atoms with Crippen molar-refractivity contribution in [3.05, 3.63) is 75.5 Å². The second-order valence-corrected chi connectivity index (χ2v) is 6.68. The van der Waals surface area contributed by atoms with Crippen LogP contribution in [0.2, 0.25) is 0 Å². The van der Waals surface area contributed by atoms with Crippen LogP contribution in [0, 0.1) is 12.7 Å². The number of hydrogen-bond donors (Lipinski definition) is 0. The molecule has 1 heterocycles. The van der Waals surface area contributed by atoms with Gasteiger partial charge in [0, 0.05) is 5.38 Å². The van der Waals surface area contributed by atoms with Crippen molar-refractivity contribution in [2.75, 3.05) is 7.11 Å². The van der Waals surface area contributed by atoms with Gasteiger partial charge in [-0.05, 0) is 48.9 Å². The summed E-state index contributed by atoms with van der Waals surface area (Å²) in [5.41, 5.74) is 2.01. The third-order valence-corrected chi connectivity index (χ3v) is 4.64. The van der Waals surface area contributed by atoms with Gasteiger partial charge in [-0.25, -0.2) is 14.2 Å². The minimum atomic E-state index is -0.439. The van der Waals surface area contributed by atoms with Crippen LogP contribution < -0.4 is 9.47 Å². The van der Waals surface area contributed by atoms with E-state index in [2.05, 4.69) is 4.98 Å². The third-order valence-electron chi connectivity index (χ3n) is 3.77. The number of thiazole rings is 1. The Hall–Kier alpha value is -2.93. The van der Waals surface area contributed by atoms with Crippen LogP contribution in [0.3, 0.4) is 0 Å². The quantitative estimate of drug-likeness (QED) is 0.557. The molecule has 0 saturated heterocycles. The first-order valence-electron chi connectivity index (χ1n) is 8.18. The molecule has 0 unspecified atom stereocenters. The molecule has 0 bridgehead atoms. The van der Waals surface area contributed by atoms with Crippen LogP contribution in [0.1, 0.15) is 26.6 Å². The average molecular weight is 387 g/mol. The van der Waals surface area contributed by atoms with Crippen molar-refractivity contribution in [2.24, 2.45) is 0 Å². The van der Waals surface area contributed by atoms with Crippen LogP contribution in [-0.2, 0) is 18.0 Å². The molecule has 2 aromatic carbocycles. The fourth-order valence-corrected chi connectivity index (χ4v) is 3.02. The molecule has 5 nitrogen and oxygen atoms in total. The number of benzene rings is 2. The van der Waals surface area contributed by atoms with Gasteiger partial charge in [0.05, 0.1) is 18.4 Å². The monoisotopic (exact) mass is 387 g/mol. The van der Waals surface area contributed by atoms with Crippen molar-refractivity contribution < 1.29 is 23.4 Å².